The molecule has 1 heterocycles. The molecule has 0 unspecified atom stereocenters. The third-order valence-corrected chi connectivity index (χ3v) is 3.90. The van der Waals surface area contributed by atoms with Crippen LogP contribution in [0.15, 0.2) is 30.9 Å². The van der Waals surface area contributed by atoms with Crippen LogP contribution in [0, 0.1) is 11.6 Å². The van der Waals surface area contributed by atoms with Crippen molar-refractivity contribution in [3.05, 3.63) is 48.1 Å². The van der Waals surface area contributed by atoms with E-state index in [9.17, 15) is 22.3 Å². The first-order chi connectivity index (χ1) is 10.6. The first kappa shape index (κ1) is 17.4. The van der Waals surface area contributed by atoms with Crippen molar-refractivity contribution in [1.29, 1.82) is 0 Å². The molecule has 0 radical (unpaired) electrons. The van der Waals surface area contributed by atoms with E-state index in [0.29, 0.717) is 6.07 Å². The highest BCUT2D eigenvalue weighted by Gasteiger charge is 2.41. The van der Waals surface area contributed by atoms with Gasteiger partial charge in [-0.1, -0.05) is 6.07 Å². The van der Waals surface area contributed by atoms with Gasteiger partial charge < -0.3 is 5.11 Å². The number of hydrogen-bond donors (Lipinski definition) is 1. The lowest BCUT2D eigenvalue weighted by molar-refractivity contribution is -0.0734. The number of aliphatic hydroxyl groups is 1. The van der Waals surface area contributed by atoms with Crippen LogP contribution in [0.1, 0.15) is 12.5 Å². The first-order valence-electron chi connectivity index (χ1n) is 6.50. The molecule has 0 amide bonds. The predicted molar refractivity (Wildman–Crippen MR) is 75.7 cm³/mol. The van der Waals surface area contributed by atoms with E-state index in [4.69, 9.17) is 4.18 Å². The molecule has 1 aromatic carbocycles. The number of hydrogen-bond acceptors (Lipinski definition) is 6. The van der Waals surface area contributed by atoms with Gasteiger partial charge in [-0.15, -0.1) is 0 Å². The summed E-state index contributed by atoms with van der Waals surface area (Å²) in [6.45, 7) is 0.924. The van der Waals surface area contributed by atoms with E-state index in [0.717, 1.165) is 18.4 Å². The minimum atomic E-state index is -3.92. The van der Waals surface area contributed by atoms with Crippen LogP contribution in [0.3, 0.4) is 0 Å². The third-order valence-electron chi connectivity index (χ3n) is 3.26. The van der Waals surface area contributed by atoms with Crippen LogP contribution in [0.25, 0.3) is 0 Å². The largest absolute Gasteiger partial charge is 0.380 e. The van der Waals surface area contributed by atoms with E-state index in [1.807, 2.05) is 0 Å². The average molecular weight is 347 g/mol. The number of rotatable bonds is 6. The molecule has 0 aliphatic carbocycles. The molecule has 2 atom stereocenters. The molecule has 0 saturated carbocycles. The first-order valence-corrected chi connectivity index (χ1v) is 8.32. The van der Waals surface area contributed by atoms with Crippen molar-refractivity contribution < 1.29 is 26.5 Å². The summed E-state index contributed by atoms with van der Waals surface area (Å²) in [5.74, 6) is -1.86. The quantitative estimate of drug-likeness (QED) is 0.777. The van der Waals surface area contributed by atoms with Gasteiger partial charge >= 0.3 is 0 Å². The third kappa shape index (κ3) is 4.09. The zero-order valence-electron chi connectivity index (χ0n) is 12.3. The Balaban J connectivity index is 2.49. The normalized spacial score (nSPS) is 16.0. The Labute approximate surface area is 131 Å². The molecule has 7 nitrogen and oxygen atoms in total. The Bertz CT molecular complexity index is 783. The highest BCUT2D eigenvalue weighted by atomic mass is 32.2. The lowest BCUT2D eigenvalue weighted by atomic mass is 9.88. The van der Waals surface area contributed by atoms with Gasteiger partial charge in [0.25, 0.3) is 10.1 Å². The van der Waals surface area contributed by atoms with Gasteiger partial charge in [0, 0.05) is 11.6 Å². The van der Waals surface area contributed by atoms with Gasteiger partial charge in [0.05, 0.1) is 12.8 Å². The summed E-state index contributed by atoms with van der Waals surface area (Å²) in [6, 6.07) is 2.58. The molecule has 0 fully saturated rings. The maximum atomic E-state index is 14.1. The molecular weight excluding hydrogens is 332 g/mol. The summed E-state index contributed by atoms with van der Waals surface area (Å²) in [4.78, 5) is 3.70. The fourth-order valence-electron chi connectivity index (χ4n) is 2.18. The molecule has 2 rings (SSSR count). The van der Waals surface area contributed by atoms with Gasteiger partial charge in [0.15, 0.2) is 0 Å². The Hall–Kier alpha value is -1.91. The van der Waals surface area contributed by atoms with Gasteiger partial charge in [0.1, 0.15) is 36.0 Å². The molecule has 0 bridgehead atoms. The summed E-state index contributed by atoms with van der Waals surface area (Å²) in [6.07, 6.45) is 1.91. The second-order valence-electron chi connectivity index (χ2n) is 5.08. The predicted octanol–water partition coefficient (Wildman–Crippen LogP) is 0.809. The number of halogens is 2. The number of aromatic nitrogens is 3. The van der Waals surface area contributed by atoms with Crippen molar-refractivity contribution in [3.8, 4) is 0 Å². The van der Waals surface area contributed by atoms with Gasteiger partial charge in [-0.3, -0.25) is 4.18 Å². The van der Waals surface area contributed by atoms with Crippen LogP contribution in [0.4, 0.5) is 8.78 Å². The van der Waals surface area contributed by atoms with Crippen LogP contribution in [-0.4, -0.2) is 40.6 Å². The van der Waals surface area contributed by atoms with Crippen LogP contribution < -0.4 is 0 Å². The maximum Gasteiger partial charge on any atom is 0.264 e. The summed E-state index contributed by atoms with van der Waals surface area (Å²) in [5, 5.41) is 14.7. The van der Waals surface area contributed by atoms with E-state index < -0.39 is 33.5 Å². The monoisotopic (exact) mass is 347 g/mol. The zero-order chi connectivity index (χ0) is 17.3. The van der Waals surface area contributed by atoms with Crippen LogP contribution in [0.2, 0.25) is 0 Å². The maximum absolute atomic E-state index is 14.1. The lowest BCUT2D eigenvalue weighted by Gasteiger charge is -2.33. The number of benzene rings is 1. The van der Waals surface area contributed by atoms with Crippen molar-refractivity contribution >= 4 is 10.1 Å². The SMILES string of the molecule is C[C@@H](OS(C)(=O)=O)[C@@](O)(Cn1cncn1)c1ccc(F)cc1F. The molecule has 0 aliphatic heterocycles. The molecular formula is C13H15F2N3O4S. The highest BCUT2D eigenvalue weighted by Crippen LogP contribution is 2.32. The Morgan fingerprint density at radius 3 is 2.65 bits per heavy atom. The summed E-state index contributed by atoms with van der Waals surface area (Å²) in [5.41, 5.74) is -2.43. The summed E-state index contributed by atoms with van der Waals surface area (Å²) < 4.78 is 55.9. The molecule has 0 spiro atoms. The molecule has 23 heavy (non-hydrogen) atoms. The lowest BCUT2D eigenvalue weighted by Crippen LogP contribution is -2.45. The van der Waals surface area contributed by atoms with Gasteiger partial charge in [-0.25, -0.2) is 18.4 Å². The summed E-state index contributed by atoms with van der Waals surface area (Å²) >= 11 is 0. The number of nitrogens with zero attached hydrogens (tertiary/aromatic N) is 3. The second-order valence-corrected chi connectivity index (χ2v) is 6.68. The molecule has 1 N–H and O–H groups in total. The molecule has 1 aromatic heterocycles. The Morgan fingerprint density at radius 1 is 1.43 bits per heavy atom. The fraction of sp³-hybridized carbons (Fsp3) is 0.385. The van der Waals surface area contributed by atoms with Crippen LogP contribution >= 0.6 is 0 Å². The van der Waals surface area contributed by atoms with Crippen molar-refractivity contribution in [3.63, 3.8) is 0 Å². The van der Waals surface area contributed by atoms with E-state index in [2.05, 4.69) is 10.1 Å². The average Bonchev–Trinajstić information content (AvgIpc) is 2.88. The van der Waals surface area contributed by atoms with Gasteiger partial charge in [-0.2, -0.15) is 13.5 Å². The van der Waals surface area contributed by atoms with E-state index in [1.54, 1.807) is 0 Å². The molecule has 126 valence electrons. The second kappa shape index (κ2) is 6.30. The van der Waals surface area contributed by atoms with E-state index in [1.165, 1.54) is 24.3 Å². The highest BCUT2D eigenvalue weighted by molar-refractivity contribution is 7.86. The minimum absolute atomic E-state index is 0.314. The molecule has 10 heteroatoms. The van der Waals surface area contributed by atoms with Crippen molar-refractivity contribution in [2.24, 2.45) is 0 Å². The molecule has 0 aliphatic rings. The van der Waals surface area contributed by atoms with Crippen molar-refractivity contribution in [2.75, 3.05) is 6.26 Å². The minimum Gasteiger partial charge on any atom is -0.380 e. The van der Waals surface area contributed by atoms with Crippen molar-refractivity contribution in [2.45, 2.75) is 25.2 Å². The van der Waals surface area contributed by atoms with Crippen LogP contribution in [-0.2, 0) is 26.4 Å². The van der Waals surface area contributed by atoms with Crippen LogP contribution in [0.5, 0.6) is 0 Å². The zero-order valence-corrected chi connectivity index (χ0v) is 13.2. The van der Waals surface area contributed by atoms with Gasteiger partial charge in [0.2, 0.25) is 0 Å². The molecule has 2 aromatic rings. The topological polar surface area (TPSA) is 94.3 Å². The van der Waals surface area contributed by atoms with E-state index in [-0.39, 0.29) is 12.1 Å². The summed E-state index contributed by atoms with van der Waals surface area (Å²) in [7, 11) is -3.92. The Kier molecular flexibility index (Phi) is 4.78. The fourth-order valence-corrected chi connectivity index (χ4v) is 2.86. The smallest absolute Gasteiger partial charge is 0.264 e. The van der Waals surface area contributed by atoms with E-state index >= 15 is 0 Å². The Morgan fingerprint density at radius 2 is 2.13 bits per heavy atom. The standard InChI is InChI=1S/C13H15F2N3O4S/c1-9(22-23(2,20)21)13(19,6-18-8-16-7-17-18)11-4-3-10(14)5-12(11)15/h3-5,7-9,19H,6H2,1-2H3/t9-,13+/m1/s1. The van der Waals surface area contributed by atoms with Crippen molar-refractivity contribution in [1.82, 2.24) is 14.8 Å². The molecule has 0 saturated heterocycles. The van der Waals surface area contributed by atoms with Gasteiger partial charge in [-0.05, 0) is 13.0 Å².